The van der Waals surface area contributed by atoms with Gasteiger partial charge in [-0.25, -0.2) is 0 Å². The lowest BCUT2D eigenvalue weighted by molar-refractivity contribution is 0.0686. The Morgan fingerprint density at radius 3 is 2.16 bits per heavy atom. The average Bonchev–Trinajstić information content (AvgIpc) is 2.71. The van der Waals surface area contributed by atoms with Crippen LogP contribution >= 0.6 is 58.5 Å². The van der Waals surface area contributed by atoms with Crippen molar-refractivity contribution in [3.63, 3.8) is 0 Å². The molecule has 0 unspecified atom stereocenters. The minimum absolute atomic E-state index is 0. The average molecular weight is 363 g/mol. The predicted octanol–water partition coefficient (Wildman–Crippen LogP) is 5.13. The van der Waals surface area contributed by atoms with E-state index in [2.05, 4.69) is 11.9 Å². The Bertz CT molecular complexity index is 453. The molecule has 2 fully saturated rings. The fourth-order valence-electron chi connectivity index (χ4n) is 3.03. The highest BCUT2D eigenvalue weighted by Crippen LogP contribution is 2.47. The summed E-state index contributed by atoms with van der Waals surface area (Å²) in [5.41, 5.74) is 0. The molecule has 19 heavy (non-hydrogen) atoms. The standard InChI is InChI=1S/C12H14Cl3NOS.ClH/c1-16-6-2-3-7(16)5-8(4-6)17-12-10(14)9(13)11(15)18-12;/h6-8H,2-5H2,1H3;1H/t6-,7+,8-;. The summed E-state index contributed by atoms with van der Waals surface area (Å²) in [6.07, 6.45) is 4.93. The van der Waals surface area contributed by atoms with E-state index in [1.165, 1.54) is 24.2 Å². The second-order valence-electron chi connectivity index (χ2n) is 5.05. The highest BCUT2D eigenvalue weighted by atomic mass is 35.5. The van der Waals surface area contributed by atoms with Crippen LogP contribution in [0.2, 0.25) is 14.4 Å². The van der Waals surface area contributed by atoms with Gasteiger partial charge < -0.3 is 9.64 Å². The Hall–Kier alpha value is 0.620. The van der Waals surface area contributed by atoms with E-state index in [9.17, 15) is 0 Å². The van der Waals surface area contributed by atoms with Gasteiger partial charge in [0.2, 0.25) is 0 Å². The molecule has 1 aromatic rings. The molecule has 0 radical (unpaired) electrons. The van der Waals surface area contributed by atoms with Crippen molar-refractivity contribution < 1.29 is 4.74 Å². The summed E-state index contributed by atoms with van der Waals surface area (Å²) in [7, 11) is 2.21. The minimum Gasteiger partial charge on any atom is -0.479 e. The third-order valence-corrected chi connectivity index (χ3v) is 6.50. The van der Waals surface area contributed by atoms with E-state index >= 15 is 0 Å². The molecule has 1 aromatic heterocycles. The SMILES string of the molecule is CN1[C@@H]2CC[C@H]1C[C@H](Oc1sc(Cl)c(Cl)c1Cl)C2.Cl. The molecule has 2 aliphatic rings. The van der Waals surface area contributed by atoms with Gasteiger partial charge in [-0.1, -0.05) is 46.1 Å². The summed E-state index contributed by atoms with van der Waals surface area (Å²) in [5, 5.41) is 1.53. The topological polar surface area (TPSA) is 12.5 Å². The normalized spacial score (nSPS) is 30.2. The molecular formula is C12H15Cl4NOS. The zero-order chi connectivity index (χ0) is 12.9. The van der Waals surface area contributed by atoms with Gasteiger partial charge in [-0.05, 0) is 32.7 Å². The van der Waals surface area contributed by atoms with Crippen molar-refractivity contribution in [2.45, 2.75) is 43.9 Å². The summed E-state index contributed by atoms with van der Waals surface area (Å²) in [6, 6.07) is 1.30. The Balaban J connectivity index is 0.00000133. The van der Waals surface area contributed by atoms with Gasteiger partial charge in [0, 0.05) is 12.1 Å². The van der Waals surface area contributed by atoms with Crippen LogP contribution in [0.5, 0.6) is 5.06 Å². The fraction of sp³-hybridized carbons (Fsp3) is 0.667. The molecule has 2 nitrogen and oxygen atoms in total. The van der Waals surface area contributed by atoms with Gasteiger partial charge in [-0.2, -0.15) is 0 Å². The maximum atomic E-state index is 6.11. The smallest absolute Gasteiger partial charge is 0.196 e. The molecule has 2 saturated heterocycles. The number of hydrogen-bond donors (Lipinski definition) is 0. The molecule has 0 aliphatic carbocycles. The molecule has 0 amide bonds. The molecule has 3 heterocycles. The molecule has 0 N–H and O–H groups in total. The number of nitrogens with zero attached hydrogens (tertiary/aromatic N) is 1. The number of halogens is 4. The van der Waals surface area contributed by atoms with E-state index in [0.717, 1.165) is 12.8 Å². The van der Waals surface area contributed by atoms with Crippen molar-refractivity contribution in [2.24, 2.45) is 0 Å². The first kappa shape index (κ1) is 16.0. The van der Waals surface area contributed by atoms with E-state index in [1.54, 1.807) is 0 Å². The zero-order valence-electron chi connectivity index (χ0n) is 10.4. The van der Waals surface area contributed by atoms with Crippen LogP contribution in [0.4, 0.5) is 0 Å². The highest BCUT2D eigenvalue weighted by molar-refractivity contribution is 7.19. The number of rotatable bonds is 2. The maximum Gasteiger partial charge on any atom is 0.196 e. The largest absolute Gasteiger partial charge is 0.479 e. The lowest BCUT2D eigenvalue weighted by Crippen LogP contribution is -2.43. The van der Waals surface area contributed by atoms with E-state index in [4.69, 9.17) is 39.5 Å². The van der Waals surface area contributed by atoms with E-state index in [1.807, 2.05) is 0 Å². The van der Waals surface area contributed by atoms with Crippen LogP contribution in [0.3, 0.4) is 0 Å². The molecule has 0 aromatic carbocycles. The van der Waals surface area contributed by atoms with Gasteiger partial charge in [-0.3, -0.25) is 0 Å². The van der Waals surface area contributed by atoms with Crippen molar-refractivity contribution in [2.75, 3.05) is 7.05 Å². The second kappa shape index (κ2) is 6.17. The highest BCUT2D eigenvalue weighted by Gasteiger charge is 2.39. The van der Waals surface area contributed by atoms with E-state index < -0.39 is 0 Å². The number of ether oxygens (including phenoxy) is 1. The molecule has 108 valence electrons. The van der Waals surface area contributed by atoms with Crippen LogP contribution in [0.1, 0.15) is 25.7 Å². The quantitative estimate of drug-likeness (QED) is 0.722. The first-order chi connectivity index (χ1) is 8.56. The fourth-order valence-corrected chi connectivity index (χ4v) is 4.68. The van der Waals surface area contributed by atoms with Gasteiger partial charge in [-0.15, -0.1) is 12.4 Å². The third kappa shape index (κ3) is 2.97. The van der Waals surface area contributed by atoms with E-state index in [0.29, 0.717) is 31.5 Å². The van der Waals surface area contributed by atoms with Crippen LogP contribution in [0.25, 0.3) is 0 Å². The van der Waals surface area contributed by atoms with Gasteiger partial charge in [0.15, 0.2) is 5.06 Å². The summed E-state index contributed by atoms with van der Waals surface area (Å²) in [6.45, 7) is 0. The number of fused-ring (bicyclic) bond motifs is 2. The third-order valence-electron chi connectivity index (χ3n) is 4.06. The molecular weight excluding hydrogens is 348 g/mol. The molecule has 7 heteroatoms. The van der Waals surface area contributed by atoms with Gasteiger partial charge in [0.25, 0.3) is 0 Å². The number of thiophene rings is 1. The van der Waals surface area contributed by atoms with Gasteiger partial charge in [0.1, 0.15) is 15.5 Å². The molecule has 3 atom stereocenters. The minimum atomic E-state index is 0. The molecule has 2 aliphatic heterocycles. The first-order valence-electron chi connectivity index (χ1n) is 6.08. The van der Waals surface area contributed by atoms with Crippen LogP contribution in [-0.4, -0.2) is 30.1 Å². The summed E-state index contributed by atoms with van der Waals surface area (Å²) in [4.78, 5) is 2.48. The molecule has 0 spiro atoms. The van der Waals surface area contributed by atoms with Gasteiger partial charge in [0.05, 0.1) is 5.02 Å². The second-order valence-corrected chi connectivity index (χ2v) is 7.39. The Morgan fingerprint density at radius 1 is 1.11 bits per heavy atom. The lowest BCUT2D eigenvalue weighted by atomic mass is 10.0. The van der Waals surface area contributed by atoms with Crippen LogP contribution in [0, 0.1) is 0 Å². The van der Waals surface area contributed by atoms with Crippen molar-refractivity contribution in [3.05, 3.63) is 14.4 Å². The van der Waals surface area contributed by atoms with Crippen LogP contribution in [-0.2, 0) is 0 Å². The Labute approximate surface area is 138 Å². The molecule has 0 saturated carbocycles. The lowest BCUT2D eigenvalue weighted by Gasteiger charge is -2.36. The Kier molecular flexibility index (Phi) is 5.19. The molecule has 3 rings (SSSR count). The summed E-state index contributed by atoms with van der Waals surface area (Å²) < 4.78 is 6.51. The monoisotopic (exact) mass is 361 g/mol. The Morgan fingerprint density at radius 2 is 1.68 bits per heavy atom. The maximum absolute atomic E-state index is 6.11. The number of piperidine rings is 1. The van der Waals surface area contributed by atoms with Crippen molar-refractivity contribution in [3.8, 4) is 5.06 Å². The first-order valence-corrected chi connectivity index (χ1v) is 8.03. The summed E-state index contributed by atoms with van der Waals surface area (Å²) in [5.74, 6) is 0. The van der Waals surface area contributed by atoms with Gasteiger partial charge >= 0.3 is 0 Å². The van der Waals surface area contributed by atoms with Crippen LogP contribution in [0.15, 0.2) is 0 Å². The van der Waals surface area contributed by atoms with Crippen molar-refractivity contribution >= 4 is 58.5 Å². The predicted molar refractivity (Wildman–Crippen MR) is 84.8 cm³/mol. The van der Waals surface area contributed by atoms with Crippen molar-refractivity contribution in [1.29, 1.82) is 0 Å². The zero-order valence-corrected chi connectivity index (χ0v) is 14.3. The van der Waals surface area contributed by atoms with Crippen molar-refractivity contribution in [1.82, 2.24) is 4.90 Å². The van der Waals surface area contributed by atoms with E-state index in [-0.39, 0.29) is 18.5 Å². The number of hydrogen-bond acceptors (Lipinski definition) is 3. The van der Waals surface area contributed by atoms with Crippen LogP contribution < -0.4 is 4.74 Å². The summed E-state index contributed by atoms with van der Waals surface area (Å²) >= 11 is 19.4. The molecule has 2 bridgehead atoms.